The van der Waals surface area contributed by atoms with Gasteiger partial charge in [-0.3, -0.25) is 4.90 Å². The van der Waals surface area contributed by atoms with Gasteiger partial charge < -0.3 is 10.1 Å². The van der Waals surface area contributed by atoms with Crippen molar-refractivity contribution in [2.45, 2.75) is 6.04 Å². The average molecular weight is 425 g/mol. The predicted molar refractivity (Wildman–Crippen MR) is 114 cm³/mol. The van der Waals surface area contributed by atoms with Crippen LogP contribution in [0.2, 0.25) is 0 Å². The van der Waals surface area contributed by atoms with E-state index in [0.29, 0.717) is 25.4 Å². The van der Waals surface area contributed by atoms with Crippen LogP contribution in [0.1, 0.15) is 11.6 Å². The summed E-state index contributed by atoms with van der Waals surface area (Å²) in [5, 5.41) is 20.7. The fourth-order valence-electron chi connectivity index (χ4n) is 3.69. The first-order valence-corrected chi connectivity index (χ1v) is 10.8. The second-order valence-corrected chi connectivity index (χ2v) is 7.90. The van der Waals surface area contributed by atoms with Gasteiger partial charge in [0.25, 0.3) is 0 Å². The molecule has 1 aromatic carbocycles. The van der Waals surface area contributed by atoms with E-state index >= 15 is 0 Å². The molecule has 4 aromatic rings. The molecule has 1 N–H and O–H groups in total. The number of halogens is 1. The Balaban J connectivity index is 1.39. The smallest absolute Gasteiger partial charge is 0.186 e. The number of ether oxygens (including phenoxy) is 1. The Labute approximate surface area is 177 Å². The fourth-order valence-corrected chi connectivity index (χ4v) is 4.32. The lowest BCUT2D eigenvalue weighted by Gasteiger charge is -2.35. The van der Waals surface area contributed by atoms with Gasteiger partial charge in [-0.25, -0.2) is 4.39 Å². The quantitative estimate of drug-likeness (QED) is 0.511. The number of aromatic nitrogens is 4. The van der Waals surface area contributed by atoms with Crippen LogP contribution in [0.25, 0.3) is 17.0 Å². The number of nitrogens with zero attached hydrogens (tertiary/aromatic N) is 5. The van der Waals surface area contributed by atoms with E-state index in [9.17, 15) is 4.39 Å². The largest absolute Gasteiger partial charge is 0.379 e. The first kappa shape index (κ1) is 19.1. The molecule has 1 fully saturated rings. The maximum Gasteiger partial charge on any atom is 0.186 e. The van der Waals surface area contributed by atoms with Crippen LogP contribution in [0.3, 0.4) is 0 Å². The third-order valence-electron chi connectivity index (χ3n) is 5.26. The monoisotopic (exact) mass is 424 g/mol. The Kier molecular flexibility index (Phi) is 5.39. The molecule has 0 amide bonds. The molecule has 5 rings (SSSR count). The zero-order valence-electron chi connectivity index (χ0n) is 16.2. The van der Waals surface area contributed by atoms with Crippen LogP contribution in [0.15, 0.2) is 53.2 Å². The lowest BCUT2D eigenvalue weighted by atomic mass is 10.0. The number of hydrogen-bond acceptors (Lipinski definition) is 7. The Morgan fingerprint density at radius 2 is 1.90 bits per heavy atom. The van der Waals surface area contributed by atoms with E-state index in [-0.39, 0.29) is 11.9 Å². The molecule has 154 valence electrons. The van der Waals surface area contributed by atoms with Gasteiger partial charge in [0.05, 0.1) is 19.3 Å². The summed E-state index contributed by atoms with van der Waals surface area (Å²) in [6.45, 7) is 3.72. The Bertz CT molecular complexity index is 1110. The Hall–Kier alpha value is -2.88. The highest BCUT2D eigenvalue weighted by molar-refractivity contribution is 7.08. The van der Waals surface area contributed by atoms with E-state index in [1.807, 2.05) is 41.1 Å². The van der Waals surface area contributed by atoms with Gasteiger partial charge in [0.2, 0.25) is 0 Å². The molecule has 0 aliphatic carbocycles. The van der Waals surface area contributed by atoms with E-state index in [1.165, 1.54) is 12.1 Å². The zero-order chi connectivity index (χ0) is 20.3. The average Bonchev–Trinajstić information content (AvgIpc) is 3.45. The van der Waals surface area contributed by atoms with Crippen molar-refractivity contribution in [3.8, 4) is 11.4 Å². The lowest BCUT2D eigenvalue weighted by Crippen LogP contribution is -2.41. The summed E-state index contributed by atoms with van der Waals surface area (Å²) in [6, 6.07) is 12.6. The standard InChI is InChI=1S/C21H21FN6OS/c22-17-3-1-15(2-4-17)18(27-8-10-29-11-9-27)13-23-19-5-6-20-24-25-21(28(20)26-19)16-7-12-30-14-16/h1-7,12,14,18H,8-11,13H2,(H,23,26). The summed E-state index contributed by atoms with van der Waals surface area (Å²) in [6.07, 6.45) is 0. The van der Waals surface area contributed by atoms with Gasteiger partial charge >= 0.3 is 0 Å². The van der Waals surface area contributed by atoms with Gasteiger partial charge in [-0.2, -0.15) is 15.9 Å². The van der Waals surface area contributed by atoms with Gasteiger partial charge in [-0.1, -0.05) is 12.1 Å². The molecule has 30 heavy (non-hydrogen) atoms. The van der Waals surface area contributed by atoms with Crippen LogP contribution >= 0.6 is 11.3 Å². The van der Waals surface area contributed by atoms with Crippen molar-refractivity contribution in [3.63, 3.8) is 0 Å². The Morgan fingerprint density at radius 3 is 2.67 bits per heavy atom. The second-order valence-electron chi connectivity index (χ2n) is 7.12. The van der Waals surface area contributed by atoms with Crippen LogP contribution in [0.5, 0.6) is 0 Å². The van der Waals surface area contributed by atoms with E-state index in [0.717, 1.165) is 35.9 Å². The summed E-state index contributed by atoms with van der Waals surface area (Å²) in [5.41, 5.74) is 2.76. The summed E-state index contributed by atoms with van der Waals surface area (Å²) in [5.74, 6) is 1.23. The normalized spacial score (nSPS) is 16.0. The lowest BCUT2D eigenvalue weighted by molar-refractivity contribution is 0.0187. The van der Waals surface area contributed by atoms with E-state index in [4.69, 9.17) is 9.84 Å². The fraction of sp³-hybridized carbons (Fsp3) is 0.286. The van der Waals surface area contributed by atoms with Crippen molar-refractivity contribution in [2.75, 3.05) is 38.2 Å². The molecule has 7 nitrogen and oxygen atoms in total. The first-order chi connectivity index (χ1) is 14.8. The number of hydrogen-bond donors (Lipinski definition) is 1. The minimum atomic E-state index is -0.229. The maximum atomic E-state index is 13.4. The highest BCUT2D eigenvalue weighted by Crippen LogP contribution is 2.24. The van der Waals surface area contributed by atoms with E-state index in [1.54, 1.807) is 15.9 Å². The summed E-state index contributed by atoms with van der Waals surface area (Å²) < 4.78 is 20.7. The molecule has 1 aliphatic heterocycles. The van der Waals surface area contributed by atoms with Gasteiger partial charge in [0, 0.05) is 30.6 Å². The summed E-state index contributed by atoms with van der Waals surface area (Å²) in [7, 11) is 0. The van der Waals surface area contributed by atoms with E-state index in [2.05, 4.69) is 20.4 Å². The van der Waals surface area contributed by atoms with Gasteiger partial charge in [0.15, 0.2) is 11.5 Å². The molecule has 1 unspecified atom stereocenters. The molecular formula is C21H21FN6OS. The number of rotatable bonds is 6. The molecule has 3 aromatic heterocycles. The van der Waals surface area contributed by atoms with Crippen molar-refractivity contribution in [3.05, 3.63) is 64.6 Å². The van der Waals surface area contributed by atoms with Gasteiger partial charge in [-0.15, -0.1) is 15.3 Å². The topological polar surface area (TPSA) is 67.6 Å². The third-order valence-corrected chi connectivity index (χ3v) is 5.94. The van der Waals surface area contributed by atoms with Crippen LogP contribution in [0, 0.1) is 5.82 Å². The number of morpholine rings is 1. The van der Waals surface area contributed by atoms with Crippen molar-refractivity contribution < 1.29 is 9.13 Å². The van der Waals surface area contributed by atoms with Crippen LogP contribution < -0.4 is 5.32 Å². The first-order valence-electron chi connectivity index (χ1n) is 9.84. The molecule has 0 radical (unpaired) electrons. The third kappa shape index (κ3) is 3.91. The summed E-state index contributed by atoms with van der Waals surface area (Å²) >= 11 is 1.61. The molecule has 1 aliphatic rings. The minimum absolute atomic E-state index is 0.0873. The van der Waals surface area contributed by atoms with Crippen molar-refractivity contribution in [1.82, 2.24) is 24.7 Å². The number of thiophene rings is 1. The predicted octanol–water partition coefficient (Wildman–Crippen LogP) is 3.48. The summed E-state index contributed by atoms with van der Waals surface area (Å²) in [4.78, 5) is 2.36. The maximum absolute atomic E-state index is 13.4. The molecule has 0 bridgehead atoms. The van der Waals surface area contributed by atoms with Crippen LogP contribution in [-0.4, -0.2) is 57.6 Å². The number of nitrogens with one attached hydrogen (secondary N) is 1. The number of anilines is 1. The van der Waals surface area contributed by atoms with Gasteiger partial charge in [0.1, 0.15) is 11.6 Å². The van der Waals surface area contributed by atoms with Crippen LogP contribution in [0.4, 0.5) is 10.2 Å². The van der Waals surface area contributed by atoms with Crippen molar-refractivity contribution in [2.24, 2.45) is 0 Å². The molecule has 0 spiro atoms. The number of fused-ring (bicyclic) bond motifs is 1. The van der Waals surface area contributed by atoms with E-state index < -0.39 is 0 Å². The zero-order valence-corrected chi connectivity index (χ0v) is 17.1. The van der Waals surface area contributed by atoms with Crippen LogP contribution in [-0.2, 0) is 4.74 Å². The molecule has 4 heterocycles. The van der Waals surface area contributed by atoms with Crippen molar-refractivity contribution in [1.29, 1.82) is 0 Å². The second kappa shape index (κ2) is 8.47. The highest BCUT2D eigenvalue weighted by atomic mass is 32.1. The SMILES string of the molecule is Fc1ccc(C(CNc2ccc3nnc(-c4ccsc4)n3n2)N2CCOCC2)cc1. The molecular weight excluding hydrogens is 403 g/mol. The highest BCUT2D eigenvalue weighted by Gasteiger charge is 2.23. The van der Waals surface area contributed by atoms with Gasteiger partial charge in [-0.05, 0) is 41.3 Å². The molecule has 0 saturated carbocycles. The molecule has 1 saturated heterocycles. The molecule has 9 heteroatoms. The Morgan fingerprint density at radius 1 is 1.07 bits per heavy atom. The molecule has 1 atom stereocenters. The van der Waals surface area contributed by atoms with Crippen molar-refractivity contribution >= 4 is 22.8 Å². The minimum Gasteiger partial charge on any atom is -0.379 e. The number of benzene rings is 1.